The number of alkyl halides is 3. The molecule has 1 aliphatic heterocycles. The molecule has 0 radical (unpaired) electrons. The maximum absolute atomic E-state index is 12.6. The van der Waals surface area contributed by atoms with E-state index in [1.165, 1.54) is 12.1 Å². The standard InChI is InChI=1S/C19H18F3NO2/c20-19(21,22)15-8-6-14(7-9-15)18(24)23-12-10-17(11-13-23)25-16-4-2-1-3-5-16/h1-9,17H,10-13H2. The molecule has 3 rings (SSSR count). The van der Waals surface area contributed by atoms with Crippen LogP contribution < -0.4 is 4.74 Å². The molecule has 132 valence electrons. The maximum Gasteiger partial charge on any atom is 0.416 e. The minimum atomic E-state index is -4.39. The van der Waals surface area contributed by atoms with Crippen LogP contribution in [-0.2, 0) is 6.18 Å². The molecule has 6 heteroatoms. The van der Waals surface area contributed by atoms with Crippen molar-refractivity contribution in [1.82, 2.24) is 4.90 Å². The number of amides is 1. The van der Waals surface area contributed by atoms with E-state index in [1.54, 1.807) is 4.90 Å². The van der Waals surface area contributed by atoms with Crippen LogP contribution >= 0.6 is 0 Å². The zero-order valence-corrected chi connectivity index (χ0v) is 13.5. The van der Waals surface area contributed by atoms with Crippen molar-refractivity contribution < 1.29 is 22.7 Å². The Morgan fingerprint density at radius 3 is 2.12 bits per heavy atom. The lowest BCUT2D eigenvalue weighted by atomic mass is 10.1. The molecule has 0 bridgehead atoms. The predicted molar refractivity (Wildman–Crippen MR) is 87.4 cm³/mol. The molecule has 1 amide bonds. The summed E-state index contributed by atoms with van der Waals surface area (Å²) in [7, 11) is 0. The Morgan fingerprint density at radius 1 is 0.960 bits per heavy atom. The number of carbonyl (C=O) groups excluding carboxylic acids is 1. The van der Waals surface area contributed by atoms with Gasteiger partial charge in [0.15, 0.2) is 0 Å². The van der Waals surface area contributed by atoms with Crippen molar-refractivity contribution in [2.24, 2.45) is 0 Å². The van der Waals surface area contributed by atoms with E-state index in [-0.39, 0.29) is 17.6 Å². The van der Waals surface area contributed by atoms with Gasteiger partial charge in [0.2, 0.25) is 0 Å². The summed E-state index contributed by atoms with van der Waals surface area (Å²) in [6.45, 7) is 1.05. The zero-order chi connectivity index (χ0) is 17.9. The van der Waals surface area contributed by atoms with Gasteiger partial charge in [-0.25, -0.2) is 0 Å². The molecular weight excluding hydrogens is 331 g/mol. The average molecular weight is 349 g/mol. The fourth-order valence-electron chi connectivity index (χ4n) is 2.85. The molecule has 2 aromatic carbocycles. The van der Waals surface area contributed by atoms with Gasteiger partial charge in [-0.3, -0.25) is 4.79 Å². The smallest absolute Gasteiger partial charge is 0.416 e. The molecule has 0 saturated carbocycles. The van der Waals surface area contributed by atoms with E-state index < -0.39 is 11.7 Å². The highest BCUT2D eigenvalue weighted by Crippen LogP contribution is 2.29. The fourth-order valence-corrected chi connectivity index (χ4v) is 2.85. The number of hydrogen-bond acceptors (Lipinski definition) is 2. The Morgan fingerprint density at radius 2 is 1.56 bits per heavy atom. The van der Waals surface area contributed by atoms with Crippen LogP contribution in [0.2, 0.25) is 0 Å². The predicted octanol–water partition coefficient (Wildman–Crippen LogP) is 4.39. The fraction of sp³-hybridized carbons (Fsp3) is 0.316. The monoisotopic (exact) mass is 349 g/mol. The summed E-state index contributed by atoms with van der Waals surface area (Å²) in [5.41, 5.74) is -0.477. The van der Waals surface area contributed by atoms with Gasteiger partial charge in [0.1, 0.15) is 11.9 Å². The summed E-state index contributed by atoms with van der Waals surface area (Å²) < 4.78 is 43.6. The van der Waals surface area contributed by atoms with E-state index in [0.29, 0.717) is 25.9 Å². The Bertz CT molecular complexity index is 706. The first-order valence-electron chi connectivity index (χ1n) is 8.12. The van der Waals surface area contributed by atoms with Crippen LogP contribution in [0.1, 0.15) is 28.8 Å². The van der Waals surface area contributed by atoms with Gasteiger partial charge < -0.3 is 9.64 Å². The van der Waals surface area contributed by atoms with Crippen LogP contribution in [0.5, 0.6) is 5.75 Å². The second kappa shape index (κ2) is 7.17. The second-order valence-corrected chi connectivity index (χ2v) is 6.00. The highest BCUT2D eigenvalue weighted by molar-refractivity contribution is 5.94. The number of ether oxygens (including phenoxy) is 1. The molecule has 1 aliphatic rings. The number of halogens is 3. The maximum atomic E-state index is 12.6. The molecule has 3 nitrogen and oxygen atoms in total. The quantitative estimate of drug-likeness (QED) is 0.823. The van der Waals surface area contributed by atoms with Crippen LogP contribution in [0.4, 0.5) is 13.2 Å². The Hall–Kier alpha value is -2.50. The summed E-state index contributed by atoms with van der Waals surface area (Å²) in [5, 5.41) is 0. The number of nitrogens with zero attached hydrogens (tertiary/aromatic N) is 1. The molecule has 1 saturated heterocycles. The number of carbonyl (C=O) groups is 1. The molecular formula is C19H18F3NO2. The molecule has 0 spiro atoms. The summed E-state index contributed by atoms with van der Waals surface area (Å²) in [6.07, 6.45) is -2.96. The highest BCUT2D eigenvalue weighted by atomic mass is 19.4. The lowest BCUT2D eigenvalue weighted by Gasteiger charge is -2.32. The van der Waals surface area contributed by atoms with E-state index in [0.717, 1.165) is 17.9 Å². The van der Waals surface area contributed by atoms with Crippen molar-refractivity contribution in [3.63, 3.8) is 0 Å². The van der Waals surface area contributed by atoms with Gasteiger partial charge in [-0.1, -0.05) is 18.2 Å². The minimum absolute atomic E-state index is 0.0408. The van der Waals surface area contributed by atoms with Crippen molar-refractivity contribution in [1.29, 1.82) is 0 Å². The number of likely N-dealkylation sites (tertiary alicyclic amines) is 1. The SMILES string of the molecule is O=C(c1ccc(C(F)(F)F)cc1)N1CCC(Oc2ccccc2)CC1. The Labute approximate surface area is 144 Å². The van der Waals surface area contributed by atoms with Crippen LogP contribution in [-0.4, -0.2) is 30.0 Å². The van der Waals surface area contributed by atoms with Crippen LogP contribution in [0.3, 0.4) is 0 Å². The number of benzene rings is 2. The first-order valence-corrected chi connectivity index (χ1v) is 8.12. The lowest BCUT2D eigenvalue weighted by molar-refractivity contribution is -0.137. The molecule has 25 heavy (non-hydrogen) atoms. The molecule has 0 aliphatic carbocycles. The number of rotatable bonds is 3. The molecule has 0 aromatic heterocycles. The largest absolute Gasteiger partial charge is 0.490 e. The van der Waals surface area contributed by atoms with Gasteiger partial charge >= 0.3 is 6.18 Å². The van der Waals surface area contributed by atoms with Crippen molar-refractivity contribution >= 4 is 5.91 Å². The van der Waals surface area contributed by atoms with Gasteiger partial charge in [-0.15, -0.1) is 0 Å². The van der Waals surface area contributed by atoms with Crippen molar-refractivity contribution in [2.75, 3.05) is 13.1 Å². The lowest BCUT2D eigenvalue weighted by Crippen LogP contribution is -2.41. The van der Waals surface area contributed by atoms with E-state index in [2.05, 4.69) is 0 Å². The first kappa shape index (κ1) is 17.3. The van der Waals surface area contributed by atoms with Crippen LogP contribution in [0.25, 0.3) is 0 Å². The third-order valence-electron chi connectivity index (χ3n) is 4.23. The van der Waals surface area contributed by atoms with E-state index in [9.17, 15) is 18.0 Å². The summed E-state index contributed by atoms with van der Waals surface area (Å²) >= 11 is 0. The zero-order valence-electron chi connectivity index (χ0n) is 13.5. The van der Waals surface area contributed by atoms with Gasteiger partial charge in [-0.05, 0) is 36.4 Å². The van der Waals surface area contributed by atoms with Crippen LogP contribution in [0.15, 0.2) is 54.6 Å². The normalized spacial score (nSPS) is 15.9. The van der Waals surface area contributed by atoms with Gasteiger partial charge in [0, 0.05) is 31.5 Å². The third-order valence-corrected chi connectivity index (χ3v) is 4.23. The molecule has 1 heterocycles. The number of piperidine rings is 1. The first-order chi connectivity index (χ1) is 11.9. The highest BCUT2D eigenvalue weighted by Gasteiger charge is 2.31. The van der Waals surface area contributed by atoms with Gasteiger partial charge in [0.05, 0.1) is 5.56 Å². The van der Waals surface area contributed by atoms with E-state index in [4.69, 9.17) is 4.74 Å². The van der Waals surface area contributed by atoms with Crippen molar-refractivity contribution in [2.45, 2.75) is 25.1 Å². The van der Waals surface area contributed by atoms with E-state index in [1.807, 2.05) is 30.3 Å². The summed E-state index contributed by atoms with van der Waals surface area (Å²) in [6, 6.07) is 13.8. The Kier molecular flexibility index (Phi) is 4.97. The van der Waals surface area contributed by atoms with Crippen molar-refractivity contribution in [3.05, 3.63) is 65.7 Å². The molecule has 0 atom stereocenters. The van der Waals surface area contributed by atoms with Crippen molar-refractivity contribution in [3.8, 4) is 5.75 Å². The summed E-state index contributed by atoms with van der Waals surface area (Å²) in [5.74, 6) is 0.557. The minimum Gasteiger partial charge on any atom is -0.490 e. The molecule has 1 fully saturated rings. The average Bonchev–Trinajstić information content (AvgIpc) is 2.62. The van der Waals surface area contributed by atoms with Crippen LogP contribution in [0, 0.1) is 0 Å². The Balaban J connectivity index is 1.56. The third kappa shape index (κ3) is 4.32. The summed E-state index contributed by atoms with van der Waals surface area (Å²) in [4.78, 5) is 14.1. The number of para-hydroxylation sites is 1. The molecule has 0 unspecified atom stereocenters. The van der Waals surface area contributed by atoms with Gasteiger partial charge in [-0.2, -0.15) is 13.2 Å². The second-order valence-electron chi connectivity index (χ2n) is 6.00. The topological polar surface area (TPSA) is 29.5 Å². The van der Waals surface area contributed by atoms with E-state index >= 15 is 0 Å². The van der Waals surface area contributed by atoms with Gasteiger partial charge in [0.25, 0.3) is 5.91 Å². The molecule has 0 N–H and O–H groups in total. The molecule has 2 aromatic rings. The number of hydrogen-bond donors (Lipinski definition) is 0.